The molecule has 0 spiro atoms. The minimum atomic E-state index is -4.81. The summed E-state index contributed by atoms with van der Waals surface area (Å²) in [6.07, 6.45) is -4.81. The van der Waals surface area contributed by atoms with Crippen LogP contribution in [0.5, 0.6) is 0 Å². The van der Waals surface area contributed by atoms with Gasteiger partial charge in [0.1, 0.15) is 0 Å². The largest absolute Gasteiger partial charge is 0.417 e. The molecule has 2 unspecified atom stereocenters. The summed E-state index contributed by atoms with van der Waals surface area (Å²) in [6.45, 7) is 4.69. The van der Waals surface area contributed by atoms with Gasteiger partial charge in [0.2, 0.25) is 15.9 Å². The molecule has 2 N–H and O–H groups in total. The van der Waals surface area contributed by atoms with Crippen LogP contribution < -0.4 is 10.0 Å². The fraction of sp³-hybridized carbons (Fsp3) is 0.533. The van der Waals surface area contributed by atoms with Gasteiger partial charge in [-0.25, -0.2) is 8.42 Å². The molecule has 11 heteroatoms. The van der Waals surface area contributed by atoms with E-state index in [4.69, 9.17) is 0 Å². The number of nitrogens with one attached hydrogen (secondary N) is 2. The maximum absolute atomic E-state index is 13.0. The van der Waals surface area contributed by atoms with Crippen LogP contribution in [-0.4, -0.2) is 50.9 Å². The lowest BCUT2D eigenvalue weighted by molar-refractivity contribution is -0.139. The number of halogens is 4. The molecule has 2 rings (SSSR count). The molecule has 0 radical (unpaired) electrons. The first-order valence-corrected chi connectivity index (χ1v) is 9.22. The SMILES string of the molecule is CC(NS(=O)(=O)c1ccccc1C(F)(F)F)C(=O)N1CCNCC1C.Cl. The van der Waals surface area contributed by atoms with Gasteiger partial charge in [0.15, 0.2) is 0 Å². The smallest absolute Gasteiger partial charge is 0.336 e. The first-order chi connectivity index (χ1) is 11.5. The second-order valence-corrected chi connectivity index (χ2v) is 7.60. The summed E-state index contributed by atoms with van der Waals surface area (Å²) in [5, 5.41) is 3.10. The summed E-state index contributed by atoms with van der Waals surface area (Å²) in [7, 11) is -4.51. The molecule has 0 aliphatic carbocycles. The number of hydrogen-bond donors (Lipinski definition) is 2. The molecule has 1 aliphatic heterocycles. The van der Waals surface area contributed by atoms with Crippen molar-refractivity contribution in [3.63, 3.8) is 0 Å². The molecule has 1 saturated heterocycles. The van der Waals surface area contributed by atoms with Gasteiger partial charge in [-0.05, 0) is 26.0 Å². The van der Waals surface area contributed by atoms with Crippen LogP contribution in [0.2, 0.25) is 0 Å². The van der Waals surface area contributed by atoms with Crippen molar-refractivity contribution in [3.05, 3.63) is 29.8 Å². The molecule has 1 aliphatic rings. The third kappa shape index (κ3) is 5.09. The summed E-state index contributed by atoms with van der Waals surface area (Å²) in [5.41, 5.74) is -1.27. The average Bonchev–Trinajstić information content (AvgIpc) is 2.53. The van der Waals surface area contributed by atoms with Crippen molar-refractivity contribution in [2.24, 2.45) is 0 Å². The van der Waals surface area contributed by atoms with Gasteiger partial charge in [-0.2, -0.15) is 17.9 Å². The Labute approximate surface area is 156 Å². The number of carbonyl (C=O) groups excluding carboxylic acids is 1. The molecule has 1 aromatic carbocycles. The quantitative estimate of drug-likeness (QED) is 0.783. The number of sulfonamides is 1. The van der Waals surface area contributed by atoms with E-state index >= 15 is 0 Å². The van der Waals surface area contributed by atoms with Gasteiger partial charge in [-0.1, -0.05) is 12.1 Å². The summed E-state index contributed by atoms with van der Waals surface area (Å²) < 4.78 is 66.0. The number of rotatable bonds is 4. The Balaban J connectivity index is 0.00000338. The van der Waals surface area contributed by atoms with Crippen LogP contribution in [0.1, 0.15) is 19.4 Å². The predicted molar refractivity (Wildman–Crippen MR) is 92.5 cm³/mol. The minimum Gasteiger partial charge on any atom is -0.336 e. The van der Waals surface area contributed by atoms with E-state index in [0.717, 1.165) is 12.1 Å². The zero-order chi connectivity index (χ0) is 18.8. The fourth-order valence-electron chi connectivity index (χ4n) is 2.70. The Bertz CT molecular complexity index is 743. The highest BCUT2D eigenvalue weighted by molar-refractivity contribution is 7.89. The highest BCUT2D eigenvalue weighted by atomic mass is 35.5. The number of amides is 1. The Hall–Kier alpha value is -1.36. The van der Waals surface area contributed by atoms with Crippen LogP contribution in [-0.2, 0) is 21.0 Å². The standard InChI is InChI=1S/C15H20F3N3O3S.ClH/c1-10-9-19-7-8-21(10)14(22)11(2)20-25(23,24)13-6-4-3-5-12(13)15(16,17)18;/h3-6,10-11,19-20H,7-9H2,1-2H3;1H. The van der Waals surface area contributed by atoms with Crippen LogP contribution >= 0.6 is 12.4 Å². The van der Waals surface area contributed by atoms with Gasteiger partial charge in [-0.15, -0.1) is 12.4 Å². The summed E-state index contributed by atoms with van der Waals surface area (Å²) >= 11 is 0. The summed E-state index contributed by atoms with van der Waals surface area (Å²) in [5.74, 6) is -0.470. The van der Waals surface area contributed by atoms with Crippen molar-refractivity contribution in [2.75, 3.05) is 19.6 Å². The van der Waals surface area contributed by atoms with Gasteiger partial charge in [0, 0.05) is 25.7 Å². The van der Waals surface area contributed by atoms with Crippen molar-refractivity contribution >= 4 is 28.3 Å². The molecule has 1 fully saturated rings. The normalized spacial score (nSPS) is 19.6. The third-order valence-corrected chi connectivity index (χ3v) is 5.57. The van der Waals surface area contributed by atoms with E-state index in [2.05, 4.69) is 10.0 Å². The number of piperazine rings is 1. The lowest BCUT2D eigenvalue weighted by Crippen LogP contribution is -2.57. The average molecular weight is 416 g/mol. The molecule has 2 atom stereocenters. The van der Waals surface area contributed by atoms with Crippen LogP contribution in [0, 0.1) is 0 Å². The maximum atomic E-state index is 13.0. The van der Waals surface area contributed by atoms with E-state index in [1.54, 1.807) is 0 Å². The molecular weight excluding hydrogens is 395 g/mol. The van der Waals surface area contributed by atoms with Crippen molar-refractivity contribution in [3.8, 4) is 0 Å². The second kappa shape index (κ2) is 8.55. The van der Waals surface area contributed by atoms with E-state index in [9.17, 15) is 26.4 Å². The van der Waals surface area contributed by atoms with E-state index in [1.165, 1.54) is 17.9 Å². The number of alkyl halides is 3. The zero-order valence-corrected chi connectivity index (χ0v) is 15.8. The molecule has 1 heterocycles. The molecule has 6 nitrogen and oxygen atoms in total. The van der Waals surface area contributed by atoms with Gasteiger partial charge in [0.05, 0.1) is 16.5 Å². The second-order valence-electron chi connectivity index (χ2n) is 5.92. The molecular formula is C15H21ClF3N3O3S. The molecule has 0 aromatic heterocycles. The van der Waals surface area contributed by atoms with Crippen molar-refractivity contribution in [2.45, 2.75) is 37.0 Å². The van der Waals surface area contributed by atoms with Crippen molar-refractivity contribution < 1.29 is 26.4 Å². The number of benzene rings is 1. The van der Waals surface area contributed by atoms with E-state index < -0.39 is 38.6 Å². The Morgan fingerprint density at radius 3 is 2.54 bits per heavy atom. The molecule has 0 saturated carbocycles. The van der Waals surface area contributed by atoms with E-state index in [-0.39, 0.29) is 18.4 Å². The third-order valence-electron chi connectivity index (χ3n) is 3.97. The molecule has 1 aromatic rings. The highest BCUT2D eigenvalue weighted by Gasteiger charge is 2.38. The van der Waals surface area contributed by atoms with E-state index in [1.807, 2.05) is 6.92 Å². The van der Waals surface area contributed by atoms with Crippen LogP contribution in [0.25, 0.3) is 0 Å². The monoisotopic (exact) mass is 415 g/mol. The highest BCUT2D eigenvalue weighted by Crippen LogP contribution is 2.33. The van der Waals surface area contributed by atoms with Gasteiger partial charge in [0.25, 0.3) is 0 Å². The zero-order valence-electron chi connectivity index (χ0n) is 14.2. The Kier molecular flexibility index (Phi) is 7.46. The van der Waals surface area contributed by atoms with Gasteiger partial charge < -0.3 is 10.2 Å². The maximum Gasteiger partial charge on any atom is 0.417 e. The Morgan fingerprint density at radius 2 is 1.96 bits per heavy atom. The minimum absolute atomic E-state index is 0. The van der Waals surface area contributed by atoms with Crippen molar-refractivity contribution in [1.82, 2.24) is 14.9 Å². The fourth-order valence-corrected chi connectivity index (χ4v) is 4.12. The topological polar surface area (TPSA) is 78.5 Å². The predicted octanol–water partition coefficient (Wildman–Crippen LogP) is 1.61. The lowest BCUT2D eigenvalue weighted by Gasteiger charge is -2.35. The van der Waals surface area contributed by atoms with Gasteiger partial charge in [-0.3, -0.25) is 4.79 Å². The number of nitrogens with zero attached hydrogens (tertiary/aromatic N) is 1. The molecule has 0 bridgehead atoms. The van der Waals surface area contributed by atoms with Crippen LogP contribution in [0.3, 0.4) is 0 Å². The molecule has 1 amide bonds. The van der Waals surface area contributed by atoms with Crippen LogP contribution in [0.15, 0.2) is 29.2 Å². The first kappa shape index (κ1) is 22.7. The first-order valence-electron chi connectivity index (χ1n) is 7.74. The lowest BCUT2D eigenvalue weighted by atomic mass is 10.2. The van der Waals surface area contributed by atoms with Crippen molar-refractivity contribution in [1.29, 1.82) is 0 Å². The van der Waals surface area contributed by atoms with E-state index in [0.29, 0.717) is 25.7 Å². The van der Waals surface area contributed by atoms with Gasteiger partial charge >= 0.3 is 6.18 Å². The summed E-state index contributed by atoms with van der Waals surface area (Å²) in [6, 6.07) is 2.57. The number of hydrogen-bond acceptors (Lipinski definition) is 4. The molecule has 148 valence electrons. The van der Waals surface area contributed by atoms with Crippen LogP contribution in [0.4, 0.5) is 13.2 Å². The number of carbonyl (C=O) groups is 1. The Morgan fingerprint density at radius 1 is 1.35 bits per heavy atom. The summed E-state index contributed by atoms with van der Waals surface area (Å²) in [4.78, 5) is 13.1. The molecule has 26 heavy (non-hydrogen) atoms.